The number of hydrogen-bond acceptors (Lipinski definition) is 0. The number of hydrogen-bond donors (Lipinski definition) is 0. The van der Waals surface area contributed by atoms with Crippen LogP contribution in [0.3, 0.4) is 0 Å². The lowest BCUT2D eigenvalue weighted by molar-refractivity contribution is 0.358. The van der Waals surface area contributed by atoms with Gasteiger partial charge < -0.3 is 0 Å². The predicted octanol–water partition coefficient (Wildman–Crippen LogP) is 5.46. The van der Waals surface area contributed by atoms with Crippen LogP contribution in [-0.4, -0.2) is 10.7 Å². The van der Waals surface area contributed by atoms with Crippen molar-refractivity contribution in [2.45, 2.75) is 19.8 Å². The van der Waals surface area contributed by atoms with Crippen LogP contribution in [0.1, 0.15) is 18.9 Å². The smallest absolute Gasteiger partial charge is 0.143 e. The van der Waals surface area contributed by atoms with E-state index in [9.17, 15) is 8.78 Å². The monoisotopic (exact) mass is 432 g/mol. The molecule has 0 saturated heterocycles. The van der Waals surface area contributed by atoms with E-state index >= 15 is 0 Å². The first kappa shape index (κ1) is 15.6. The Kier molecular flexibility index (Phi) is 6.06. The molecule has 0 aliphatic carbocycles. The van der Waals surface area contributed by atoms with Gasteiger partial charge in [-0.05, 0) is 46.3 Å². The van der Waals surface area contributed by atoms with Crippen molar-refractivity contribution in [2.75, 3.05) is 10.7 Å². The van der Waals surface area contributed by atoms with E-state index in [2.05, 4.69) is 47.8 Å². The summed E-state index contributed by atoms with van der Waals surface area (Å²) in [4.78, 5) is 0. The fourth-order valence-corrected chi connectivity index (χ4v) is 4.04. The Morgan fingerprint density at radius 3 is 2.24 bits per heavy atom. The molecule has 1 rings (SSSR count). The Morgan fingerprint density at radius 2 is 1.76 bits per heavy atom. The van der Waals surface area contributed by atoms with Crippen molar-refractivity contribution in [3.63, 3.8) is 0 Å². The molecule has 0 aliphatic heterocycles. The van der Waals surface area contributed by atoms with Crippen molar-refractivity contribution in [1.82, 2.24) is 0 Å². The zero-order valence-electron chi connectivity index (χ0n) is 9.37. The van der Waals surface area contributed by atoms with E-state index in [1.165, 1.54) is 12.1 Å². The van der Waals surface area contributed by atoms with Crippen LogP contribution in [0, 0.1) is 17.0 Å². The van der Waals surface area contributed by atoms with Crippen LogP contribution in [0.15, 0.2) is 16.6 Å². The first-order valence-corrected chi connectivity index (χ1v) is 8.27. The average Bonchev–Trinajstić information content (AvgIpc) is 2.36. The molecule has 0 heterocycles. The number of rotatable bonds is 5. The molecule has 0 bridgehead atoms. The van der Waals surface area contributed by atoms with E-state index in [0.717, 1.165) is 6.42 Å². The number of alkyl halides is 2. The molecule has 1 aromatic carbocycles. The highest BCUT2D eigenvalue weighted by atomic mass is 79.9. The normalized spacial score (nSPS) is 11.9. The molecule has 5 heteroatoms. The van der Waals surface area contributed by atoms with E-state index in [1.54, 1.807) is 0 Å². The first-order chi connectivity index (χ1) is 7.99. The average molecular weight is 435 g/mol. The molecule has 0 nitrogen and oxygen atoms in total. The molecule has 0 amide bonds. The Labute approximate surface area is 126 Å². The Morgan fingerprint density at radius 1 is 1.18 bits per heavy atom. The molecule has 0 fully saturated rings. The van der Waals surface area contributed by atoms with Gasteiger partial charge in [-0.1, -0.05) is 38.8 Å². The molecule has 0 N–H and O–H groups in total. The minimum Gasteiger partial charge on any atom is -0.207 e. The molecular formula is C12H13Br3F2. The van der Waals surface area contributed by atoms with Crippen molar-refractivity contribution in [2.24, 2.45) is 5.41 Å². The van der Waals surface area contributed by atoms with Crippen LogP contribution in [0.5, 0.6) is 0 Å². The van der Waals surface area contributed by atoms with E-state index in [4.69, 9.17) is 0 Å². The van der Waals surface area contributed by atoms with Crippen LogP contribution in [0.2, 0.25) is 0 Å². The molecule has 0 atom stereocenters. The molecule has 0 saturated carbocycles. The summed E-state index contributed by atoms with van der Waals surface area (Å²) in [6, 6.07) is 2.69. The predicted molar refractivity (Wildman–Crippen MR) is 78.1 cm³/mol. The topological polar surface area (TPSA) is 0 Å². The quantitative estimate of drug-likeness (QED) is 0.426. The van der Waals surface area contributed by atoms with Gasteiger partial charge in [0.25, 0.3) is 0 Å². The van der Waals surface area contributed by atoms with Crippen molar-refractivity contribution >= 4 is 47.8 Å². The molecule has 0 aliphatic rings. The maximum absolute atomic E-state index is 13.9. The summed E-state index contributed by atoms with van der Waals surface area (Å²) in [7, 11) is 0. The fourth-order valence-electron chi connectivity index (χ4n) is 1.55. The summed E-state index contributed by atoms with van der Waals surface area (Å²) in [5.74, 6) is -0.977. The van der Waals surface area contributed by atoms with Gasteiger partial charge in [0, 0.05) is 16.2 Å². The molecule has 96 valence electrons. The minimum atomic E-state index is -0.496. The maximum atomic E-state index is 13.9. The van der Waals surface area contributed by atoms with Gasteiger partial charge in [-0.3, -0.25) is 0 Å². The number of halogens is 5. The van der Waals surface area contributed by atoms with Crippen molar-refractivity contribution < 1.29 is 8.78 Å². The third kappa shape index (κ3) is 3.51. The molecule has 0 aromatic heterocycles. The van der Waals surface area contributed by atoms with E-state index < -0.39 is 11.6 Å². The standard InChI is InChI=1S/C12H13Br3F2/c1-2-12(6-13,7-14)5-8-10(16)4-3-9(15)11(8)17/h3-4H,2,5-7H2,1H3. The van der Waals surface area contributed by atoms with Gasteiger partial charge in [-0.2, -0.15) is 0 Å². The van der Waals surface area contributed by atoms with Crippen LogP contribution >= 0.6 is 47.8 Å². The van der Waals surface area contributed by atoms with Crippen molar-refractivity contribution in [1.29, 1.82) is 0 Å². The van der Waals surface area contributed by atoms with E-state index in [-0.39, 0.29) is 11.0 Å². The van der Waals surface area contributed by atoms with Gasteiger partial charge in [0.05, 0.1) is 4.47 Å². The highest BCUT2D eigenvalue weighted by Gasteiger charge is 2.29. The first-order valence-electron chi connectivity index (χ1n) is 5.24. The van der Waals surface area contributed by atoms with Gasteiger partial charge in [-0.15, -0.1) is 0 Å². The van der Waals surface area contributed by atoms with Gasteiger partial charge in [0.15, 0.2) is 0 Å². The molecule has 0 radical (unpaired) electrons. The lowest BCUT2D eigenvalue weighted by Crippen LogP contribution is -2.27. The highest BCUT2D eigenvalue weighted by molar-refractivity contribution is 9.10. The zero-order chi connectivity index (χ0) is 13.1. The summed E-state index contributed by atoms with van der Waals surface area (Å²) in [5, 5.41) is 1.40. The highest BCUT2D eigenvalue weighted by Crippen LogP contribution is 2.34. The lowest BCUT2D eigenvalue weighted by Gasteiger charge is -2.29. The molecule has 1 aromatic rings. The van der Waals surface area contributed by atoms with E-state index in [0.29, 0.717) is 21.6 Å². The molecule has 0 spiro atoms. The largest absolute Gasteiger partial charge is 0.207 e. The summed E-state index contributed by atoms with van der Waals surface area (Å²) >= 11 is 9.95. The Bertz CT molecular complexity index is 381. The van der Waals surface area contributed by atoms with Gasteiger partial charge in [-0.25, -0.2) is 8.78 Å². The van der Waals surface area contributed by atoms with Crippen LogP contribution in [0.4, 0.5) is 8.78 Å². The molecule has 0 unspecified atom stereocenters. The Balaban J connectivity index is 3.13. The molecule has 17 heavy (non-hydrogen) atoms. The fraction of sp³-hybridized carbons (Fsp3) is 0.500. The second kappa shape index (κ2) is 6.62. The SMILES string of the molecule is CCC(CBr)(CBr)Cc1c(F)ccc(Br)c1F. The Hall–Kier alpha value is 0.520. The van der Waals surface area contributed by atoms with E-state index in [1.807, 2.05) is 6.92 Å². The van der Waals surface area contributed by atoms with Crippen LogP contribution in [0.25, 0.3) is 0 Å². The third-order valence-corrected chi connectivity index (χ3v) is 6.00. The maximum Gasteiger partial charge on any atom is 0.143 e. The van der Waals surface area contributed by atoms with Crippen LogP contribution < -0.4 is 0 Å². The second-order valence-corrected chi connectivity index (χ2v) is 6.10. The third-order valence-electron chi connectivity index (χ3n) is 3.01. The lowest BCUT2D eigenvalue weighted by atomic mass is 9.83. The van der Waals surface area contributed by atoms with Gasteiger partial charge in [0.1, 0.15) is 11.6 Å². The van der Waals surface area contributed by atoms with Crippen molar-refractivity contribution in [3.8, 4) is 0 Å². The summed E-state index contributed by atoms with van der Waals surface area (Å²) in [5.41, 5.74) is -0.0113. The molecular weight excluding hydrogens is 422 g/mol. The van der Waals surface area contributed by atoms with Gasteiger partial charge >= 0.3 is 0 Å². The number of benzene rings is 1. The van der Waals surface area contributed by atoms with Crippen molar-refractivity contribution in [3.05, 3.63) is 33.8 Å². The zero-order valence-corrected chi connectivity index (χ0v) is 14.1. The van der Waals surface area contributed by atoms with Crippen LogP contribution in [-0.2, 0) is 6.42 Å². The summed E-state index contributed by atoms with van der Waals surface area (Å²) in [6.45, 7) is 2.02. The summed E-state index contributed by atoms with van der Waals surface area (Å²) in [6.07, 6.45) is 1.21. The second-order valence-electron chi connectivity index (χ2n) is 4.12. The summed E-state index contributed by atoms with van der Waals surface area (Å²) < 4.78 is 27.9. The minimum absolute atomic E-state index is 0.153. The van der Waals surface area contributed by atoms with Gasteiger partial charge in [0.2, 0.25) is 0 Å².